The SMILES string of the molecule is OC1(c2ccccc2)CCN(Cc2cc(-c3ccc(F)cc3)ccn2)CC1. The van der Waals surface area contributed by atoms with Crippen molar-refractivity contribution in [3.63, 3.8) is 0 Å². The topological polar surface area (TPSA) is 36.4 Å². The molecular weight excluding hydrogens is 339 g/mol. The zero-order valence-corrected chi connectivity index (χ0v) is 15.2. The first kappa shape index (κ1) is 17.8. The van der Waals surface area contributed by atoms with Gasteiger partial charge in [-0.05, 0) is 53.8 Å². The van der Waals surface area contributed by atoms with Gasteiger partial charge >= 0.3 is 0 Å². The van der Waals surface area contributed by atoms with Crippen LogP contribution in [0.15, 0.2) is 72.9 Å². The van der Waals surface area contributed by atoms with E-state index in [1.54, 1.807) is 18.3 Å². The van der Waals surface area contributed by atoms with Crippen LogP contribution in [0.4, 0.5) is 4.39 Å². The largest absolute Gasteiger partial charge is 0.385 e. The molecule has 0 aliphatic carbocycles. The molecule has 0 atom stereocenters. The molecule has 1 fully saturated rings. The summed E-state index contributed by atoms with van der Waals surface area (Å²) in [6, 6.07) is 20.5. The Hall–Kier alpha value is -2.56. The third kappa shape index (κ3) is 4.07. The molecule has 138 valence electrons. The van der Waals surface area contributed by atoms with Crippen LogP contribution in [0.25, 0.3) is 11.1 Å². The predicted octanol–water partition coefficient (Wildman–Crippen LogP) is 4.37. The number of hydrogen-bond acceptors (Lipinski definition) is 3. The Morgan fingerprint density at radius 2 is 1.63 bits per heavy atom. The number of aromatic nitrogens is 1. The summed E-state index contributed by atoms with van der Waals surface area (Å²) in [7, 11) is 0. The Morgan fingerprint density at radius 1 is 0.926 bits per heavy atom. The smallest absolute Gasteiger partial charge is 0.123 e. The maximum Gasteiger partial charge on any atom is 0.123 e. The highest BCUT2D eigenvalue weighted by molar-refractivity contribution is 5.63. The lowest BCUT2D eigenvalue weighted by molar-refractivity contribution is -0.0279. The summed E-state index contributed by atoms with van der Waals surface area (Å²) in [5, 5.41) is 11.0. The maximum atomic E-state index is 13.1. The molecule has 27 heavy (non-hydrogen) atoms. The first-order valence-electron chi connectivity index (χ1n) is 9.34. The van der Waals surface area contributed by atoms with Crippen LogP contribution in [0.1, 0.15) is 24.1 Å². The van der Waals surface area contributed by atoms with Crippen LogP contribution in [0.3, 0.4) is 0 Å². The first-order valence-corrected chi connectivity index (χ1v) is 9.34. The van der Waals surface area contributed by atoms with E-state index in [2.05, 4.69) is 16.0 Å². The van der Waals surface area contributed by atoms with E-state index in [0.29, 0.717) is 12.8 Å². The van der Waals surface area contributed by atoms with Crippen molar-refractivity contribution in [3.05, 3.63) is 90.0 Å². The third-order valence-electron chi connectivity index (χ3n) is 5.37. The van der Waals surface area contributed by atoms with Crippen molar-refractivity contribution in [3.8, 4) is 11.1 Å². The fourth-order valence-corrected chi connectivity index (χ4v) is 3.73. The van der Waals surface area contributed by atoms with Gasteiger partial charge in [-0.2, -0.15) is 0 Å². The molecule has 1 aliphatic rings. The molecule has 0 unspecified atom stereocenters. The van der Waals surface area contributed by atoms with Crippen LogP contribution in [0.5, 0.6) is 0 Å². The number of piperidine rings is 1. The van der Waals surface area contributed by atoms with E-state index in [-0.39, 0.29) is 5.82 Å². The molecule has 0 bridgehead atoms. The number of halogens is 1. The van der Waals surface area contributed by atoms with E-state index in [4.69, 9.17) is 0 Å². The second kappa shape index (κ2) is 7.59. The van der Waals surface area contributed by atoms with Crippen LogP contribution >= 0.6 is 0 Å². The summed E-state index contributed by atoms with van der Waals surface area (Å²) in [6.45, 7) is 2.40. The van der Waals surface area contributed by atoms with Gasteiger partial charge in [0.15, 0.2) is 0 Å². The predicted molar refractivity (Wildman–Crippen MR) is 104 cm³/mol. The molecule has 0 amide bonds. The van der Waals surface area contributed by atoms with E-state index in [1.165, 1.54) is 12.1 Å². The van der Waals surface area contributed by atoms with Crippen LogP contribution in [-0.2, 0) is 12.1 Å². The highest BCUT2D eigenvalue weighted by atomic mass is 19.1. The molecule has 1 N–H and O–H groups in total. The number of nitrogens with zero attached hydrogens (tertiary/aromatic N) is 2. The summed E-state index contributed by atoms with van der Waals surface area (Å²) < 4.78 is 13.1. The zero-order valence-electron chi connectivity index (χ0n) is 15.2. The third-order valence-corrected chi connectivity index (χ3v) is 5.37. The summed E-state index contributed by atoms with van der Waals surface area (Å²) in [5.74, 6) is -0.229. The highest BCUT2D eigenvalue weighted by Crippen LogP contribution is 2.33. The van der Waals surface area contributed by atoms with Crippen molar-refractivity contribution in [2.24, 2.45) is 0 Å². The number of rotatable bonds is 4. The highest BCUT2D eigenvalue weighted by Gasteiger charge is 2.33. The molecule has 0 radical (unpaired) electrons. The quantitative estimate of drug-likeness (QED) is 0.749. The standard InChI is InChI=1S/C23H23FN2O/c24-21-8-6-18(7-9-21)19-10-13-25-22(16-19)17-26-14-11-23(27,12-15-26)20-4-2-1-3-5-20/h1-10,13,16,27H,11-12,14-15,17H2. The lowest BCUT2D eigenvalue weighted by Gasteiger charge is -2.38. The normalized spacial score (nSPS) is 17.0. The van der Waals surface area contributed by atoms with Crippen LogP contribution in [0, 0.1) is 5.82 Å². The molecule has 1 aromatic heterocycles. The van der Waals surface area contributed by atoms with Crippen molar-refractivity contribution in [2.75, 3.05) is 13.1 Å². The average molecular weight is 362 g/mol. The molecule has 4 heteroatoms. The second-order valence-electron chi connectivity index (χ2n) is 7.22. The summed E-state index contributed by atoms with van der Waals surface area (Å²) >= 11 is 0. The average Bonchev–Trinajstić information content (AvgIpc) is 2.71. The molecule has 0 saturated carbocycles. The Kier molecular flexibility index (Phi) is 5.01. The van der Waals surface area contributed by atoms with Crippen LogP contribution in [-0.4, -0.2) is 28.1 Å². The lowest BCUT2D eigenvalue weighted by Crippen LogP contribution is -2.42. The molecule has 2 aromatic carbocycles. The number of likely N-dealkylation sites (tertiary alicyclic amines) is 1. The minimum Gasteiger partial charge on any atom is -0.385 e. The number of pyridine rings is 1. The van der Waals surface area contributed by atoms with E-state index >= 15 is 0 Å². The van der Waals surface area contributed by atoms with Gasteiger partial charge in [0.25, 0.3) is 0 Å². The van der Waals surface area contributed by atoms with Gasteiger partial charge in [0.2, 0.25) is 0 Å². The molecule has 1 aliphatic heterocycles. The van der Waals surface area contributed by atoms with Crippen molar-refractivity contribution in [1.29, 1.82) is 0 Å². The van der Waals surface area contributed by atoms with Crippen molar-refractivity contribution in [2.45, 2.75) is 25.0 Å². The Bertz CT molecular complexity index is 888. The summed E-state index contributed by atoms with van der Waals surface area (Å²) in [6.07, 6.45) is 3.24. The zero-order chi connectivity index (χ0) is 18.7. The first-order chi connectivity index (χ1) is 13.1. The van der Waals surface area contributed by atoms with E-state index in [0.717, 1.165) is 42.0 Å². The Balaban J connectivity index is 1.42. The van der Waals surface area contributed by atoms with Crippen LogP contribution in [0.2, 0.25) is 0 Å². The molecule has 1 saturated heterocycles. The fraction of sp³-hybridized carbons (Fsp3) is 0.261. The van der Waals surface area contributed by atoms with Gasteiger partial charge in [0.05, 0.1) is 11.3 Å². The number of benzene rings is 2. The molecule has 2 heterocycles. The minimum absolute atomic E-state index is 0.229. The van der Waals surface area contributed by atoms with Gasteiger partial charge in [-0.15, -0.1) is 0 Å². The maximum absolute atomic E-state index is 13.1. The van der Waals surface area contributed by atoms with Gasteiger partial charge in [0, 0.05) is 25.8 Å². The number of hydrogen-bond donors (Lipinski definition) is 1. The van der Waals surface area contributed by atoms with Gasteiger partial charge in [-0.1, -0.05) is 42.5 Å². The molecule has 4 rings (SSSR count). The van der Waals surface area contributed by atoms with Gasteiger partial charge in [-0.3, -0.25) is 9.88 Å². The fourth-order valence-electron chi connectivity index (χ4n) is 3.73. The van der Waals surface area contributed by atoms with Gasteiger partial charge in [-0.25, -0.2) is 4.39 Å². The van der Waals surface area contributed by atoms with E-state index < -0.39 is 5.60 Å². The molecule has 3 nitrogen and oxygen atoms in total. The molecular formula is C23H23FN2O. The number of aliphatic hydroxyl groups is 1. The minimum atomic E-state index is -0.735. The van der Waals surface area contributed by atoms with Crippen LogP contribution < -0.4 is 0 Å². The van der Waals surface area contributed by atoms with E-state index in [9.17, 15) is 9.50 Å². The Morgan fingerprint density at radius 3 is 2.33 bits per heavy atom. The summed E-state index contributed by atoms with van der Waals surface area (Å²) in [5.41, 5.74) is 3.28. The monoisotopic (exact) mass is 362 g/mol. The van der Waals surface area contributed by atoms with Gasteiger partial charge < -0.3 is 5.11 Å². The summed E-state index contributed by atoms with van der Waals surface area (Å²) in [4.78, 5) is 6.82. The second-order valence-corrected chi connectivity index (χ2v) is 7.22. The van der Waals surface area contributed by atoms with Crippen molar-refractivity contribution < 1.29 is 9.50 Å². The van der Waals surface area contributed by atoms with Crippen molar-refractivity contribution >= 4 is 0 Å². The van der Waals surface area contributed by atoms with Gasteiger partial charge in [0.1, 0.15) is 5.82 Å². The van der Waals surface area contributed by atoms with E-state index in [1.807, 2.05) is 36.4 Å². The lowest BCUT2D eigenvalue weighted by atomic mass is 9.84. The van der Waals surface area contributed by atoms with Crippen molar-refractivity contribution in [1.82, 2.24) is 9.88 Å². The molecule has 3 aromatic rings. The molecule has 0 spiro atoms. The Labute approximate surface area is 159 Å².